The average molecular weight is 344 g/mol. The van der Waals surface area contributed by atoms with E-state index in [2.05, 4.69) is 0 Å². The van der Waals surface area contributed by atoms with E-state index in [1.807, 2.05) is 0 Å². The van der Waals surface area contributed by atoms with Crippen molar-refractivity contribution in [3.8, 4) is 11.5 Å². The van der Waals surface area contributed by atoms with Crippen molar-refractivity contribution in [3.63, 3.8) is 0 Å². The van der Waals surface area contributed by atoms with Gasteiger partial charge in [0.25, 0.3) is 0 Å². The zero-order valence-corrected chi connectivity index (χ0v) is 12.5. The third-order valence-electron chi connectivity index (χ3n) is 2.87. The van der Waals surface area contributed by atoms with Gasteiger partial charge in [0.2, 0.25) is 5.75 Å². The molecule has 22 heavy (non-hydrogen) atoms. The summed E-state index contributed by atoms with van der Waals surface area (Å²) in [6.45, 7) is 0. The van der Waals surface area contributed by atoms with Gasteiger partial charge in [0, 0.05) is 17.2 Å². The van der Waals surface area contributed by atoms with E-state index < -0.39 is 42.6 Å². The molecule has 2 aromatic carbocycles. The molecule has 0 heterocycles. The second kappa shape index (κ2) is 5.82. The Labute approximate surface area is 130 Å². The van der Waals surface area contributed by atoms with Crippen LogP contribution in [0.2, 0.25) is 5.02 Å². The molecule has 0 aliphatic heterocycles. The van der Waals surface area contributed by atoms with E-state index >= 15 is 0 Å². The van der Waals surface area contributed by atoms with Gasteiger partial charge in [-0.3, -0.25) is 10.1 Å². The first-order chi connectivity index (χ1) is 10.2. The third-order valence-corrected chi connectivity index (χ3v) is 4.79. The van der Waals surface area contributed by atoms with Crippen molar-refractivity contribution in [1.82, 2.24) is 0 Å². The Morgan fingerprint density at radius 2 is 1.73 bits per heavy atom. The Hall–Kier alpha value is -2.32. The van der Waals surface area contributed by atoms with Crippen molar-refractivity contribution < 1.29 is 23.6 Å². The lowest BCUT2D eigenvalue weighted by molar-refractivity contribution is -0.386. The van der Waals surface area contributed by atoms with Crippen LogP contribution in [-0.4, -0.2) is 23.6 Å². The maximum Gasteiger partial charge on any atom is 0.315 e. The first kappa shape index (κ1) is 16.1. The molecule has 0 radical (unpaired) electrons. The summed E-state index contributed by atoms with van der Waals surface area (Å²) in [6, 6.07) is 7.53. The first-order valence-corrected chi connectivity index (χ1v) is 7.91. The molecular weight excluding hydrogens is 334 g/mol. The number of nitrogens with zero attached hydrogens (tertiary/aromatic N) is 1. The molecule has 0 unspecified atom stereocenters. The van der Waals surface area contributed by atoms with Gasteiger partial charge < -0.3 is 10.2 Å². The van der Waals surface area contributed by atoms with Crippen LogP contribution in [0.15, 0.2) is 41.3 Å². The number of halogens is 1. The van der Waals surface area contributed by atoms with Crippen molar-refractivity contribution in [1.29, 1.82) is 0 Å². The molecule has 0 saturated carbocycles. The van der Waals surface area contributed by atoms with Crippen LogP contribution in [0.3, 0.4) is 0 Å². The molecular formula is C13H10ClNO6S. The zero-order chi connectivity index (χ0) is 16.5. The van der Waals surface area contributed by atoms with Gasteiger partial charge in [-0.25, -0.2) is 8.42 Å². The fraction of sp³-hybridized carbons (Fsp3) is 0.0769. The van der Waals surface area contributed by atoms with E-state index in [4.69, 9.17) is 11.6 Å². The van der Waals surface area contributed by atoms with E-state index in [1.165, 1.54) is 24.3 Å². The monoisotopic (exact) mass is 343 g/mol. The Morgan fingerprint density at radius 3 is 2.27 bits per heavy atom. The van der Waals surface area contributed by atoms with Crippen LogP contribution in [0, 0.1) is 10.1 Å². The quantitative estimate of drug-likeness (QED) is 0.500. The number of sulfone groups is 1. The molecule has 0 saturated heterocycles. The lowest BCUT2D eigenvalue weighted by atomic mass is 10.2. The van der Waals surface area contributed by atoms with Crippen LogP contribution in [0.1, 0.15) is 5.56 Å². The largest absolute Gasteiger partial charge is 0.504 e. The molecule has 2 aromatic rings. The number of aromatic hydroxyl groups is 2. The number of benzene rings is 2. The van der Waals surface area contributed by atoms with Crippen LogP contribution in [0.25, 0.3) is 0 Å². The maximum atomic E-state index is 12.3. The van der Waals surface area contributed by atoms with E-state index in [-0.39, 0.29) is 0 Å². The van der Waals surface area contributed by atoms with E-state index in [0.29, 0.717) is 16.7 Å². The molecule has 0 atom stereocenters. The standard InChI is InChI=1S/C13H10ClNO6S/c14-9-3-1-8(2-4-9)7-22(20,21)10-5-11(15(18)19)13(17)12(16)6-10/h1-6,16-17H,7H2. The molecule has 0 aromatic heterocycles. The first-order valence-electron chi connectivity index (χ1n) is 5.88. The summed E-state index contributed by atoms with van der Waals surface area (Å²) >= 11 is 5.71. The molecule has 2 N–H and O–H groups in total. The Bertz CT molecular complexity index is 832. The van der Waals surface area contributed by atoms with Gasteiger partial charge >= 0.3 is 5.69 Å². The van der Waals surface area contributed by atoms with Gasteiger partial charge in [0.1, 0.15) is 0 Å². The minimum atomic E-state index is -3.94. The van der Waals surface area contributed by atoms with Gasteiger partial charge in [0.05, 0.1) is 15.6 Å². The lowest BCUT2D eigenvalue weighted by Crippen LogP contribution is -2.05. The number of nitro groups is 1. The second-order valence-corrected chi connectivity index (χ2v) is 6.88. The summed E-state index contributed by atoms with van der Waals surface area (Å²) in [4.78, 5) is 9.34. The molecule has 0 aliphatic rings. The highest BCUT2D eigenvalue weighted by Gasteiger charge is 2.25. The van der Waals surface area contributed by atoms with Gasteiger partial charge in [-0.05, 0) is 17.7 Å². The fourth-order valence-corrected chi connectivity index (χ4v) is 3.29. The normalized spacial score (nSPS) is 11.3. The van der Waals surface area contributed by atoms with Gasteiger partial charge in [0.15, 0.2) is 15.6 Å². The van der Waals surface area contributed by atoms with Gasteiger partial charge in [-0.2, -0.15) is 0 Å². The maximum absolute atomic E-state index is 12.3. The molecule has 116 valence electrons. The summed E-state index contributed by atoms with van der Waals surface area (Å²) < 4.78 is 24.6. The Morgan fingerprint density at radius 1 is 1.14 bits per heavy atom. The van der Waals surface area contributed by atoms with Crippen molar-refractivity contribution in [2.24, 2.45) is 0 Å². The minimum absolute atomic E-state index is 0.425. The number of hydrogen-bond acceptors (Lipinski definition) is 6. The SMILES string of the molecule is O=[N+]([O-])c1cc(S(=O)(=O)Cc2ccc(Cl)cc2)cc(O)c1O. The fourth-order valence-electron chi connectivity index (χ4n) is 1.78. The van der Waals surface area contributed by atoms with Crippen molar-refractivity contribution in [3.05, 3.63) is 57.1 Å². The molecule has 0 bridgehead atoms. The lowest BCUT2D eigenvalue weighted by Gasteiger charge is -2.07. The average Bonchev–Trinajstić information content (AvgIpc) is 2.43. The van der Waals surface area contributed by atoms with E-state index in [1.54, 1.807) is 0 Å². The van der Waals surface area contributed by atoms with Crippen LogP contribution in [0.4, 0.5) is 5.69 Å². The number of phenolic OH excluding ortho intramolecular Hbond substituents is 2. The topological polar surface area (TPSA) is 118 Å². The number of hydrogen-bond donors (Lipinski definition) is 2. The van der Waals surface area contributed by atoms with Gasteiger partial charge in [-0.1, -0.05) is 23.7 Å². The summed E-state index contributed by atoms with van der Waals surface area (Å²) in [5.41, 5.74) is -0.450. The highest BCUT2D eigenvalue weighted by Crippen LogP contribution is 2.38. The number of phenols is 2. The van der Waals surface area contributed by atoms with Crippen LogP contribution < -0.4 is 0 Å². The number of rotatable bonds is 4. The van der Waals surface area contributed by atoms with Crippen LogP contribution >= 0.6 is 11.6 Å². The van der Waals surface area contributed by atoms with Crippen molar-refractivity contribution >= 4 is 27.1 Å². The molecule has 9 heteroatoms. The summed E-state index contributed by atoms with van der Waals surface area (Å²) in [5.74, 6) is -2.27. The van der Waals surface area contributed by atoms with Crippen molar-refractivity contribution in [2.45, 2.75) is 10.6 Å². The van der Waals surface area contributed by atoms with E-state index in [9.17, 15) is 28.7 Å². The molecule has 2 rings (SSSR count). The van der Waals surface area contributed by atoms with Gasteiger partial charge in [-0.15, -0.1) is 0 Å². The molecule has 7 nitrogen and oxygen atoms in total. The Balaban J connectivity index is 2.45. The summed E-state index contributed by atoms with van der Waals surface area (Å²) in [5, 5.41) is 30.1. The van der Waals surface area contributed by atoms with Crippen LogP contribution in [0.5, 0.6) is 11.5 Å². The highest BCUT2D eigenvalue weighted by molar-refractivity contribution is 7.90. The molecule has 0 amide bonds. The minimum Gasteiger partial charge on any atom is -0.504 e. The number of nitro benzene ring substituents is 1. The second-order valence-electron chi connectivity index (χ2n) is 4.45. The van der Waals surface area contributed by atoms with Crippen LogP contribution in [-0.2, 0) is 15.6 Å². The zero-order valence-electron chi connectivity index (χ0n) is 10.9. The molecule has 0 spiro atoms. The predicted molar refractivity (Wildman–Crippen MR) is 78.8 cm³/mol. The highest BCUT2D eigenvalue weighted by atomic mass is 35.5. The predicted octanol–water partition coefficient (Wildman–Crippen LogP) is 2.63. The molecule has 0 aliphatic carbocycles. The van der Waals surface area contributed by atoms with E-state index in [0.717, 1.165) is 6.07 Å². The summed E-state index contributed by atoms with van der Waals surface area (Å²) in [6.07, 6.45) is 0. The third kappa shape index (κ3) is 3.29. The smallest absolute Gasteiger partial charge is 0.315 e. The summed E-state index contributed by atoms with van der Waals surface area (Å²) in [7, 11) is -3.94. The molecule has 0 fully saturated rings. The van der Waals surface area contributed by atoms with Crippen molar-refractivity contribution in [2.75, 3.05) is 0 Å². The Kier molecular flexibility index (Phi) is 4.25.